The number of methoxy groups -OCH3 is 1. The smallest absolute Gasteiger partial charge is 0.307 e. The summed E-state index contributed by atoms with van der Waals surface area (Å²) in [5.41, 5.74) is 1.31. The summed E-state index contributed by atoms with van der Waals surface area (Å²) in [6.45, 7) is 1.69. The third-order valence-corrected chi connectivity index (χ3v) is 4.69. The van der Waals surface area contributed by atoms with Gasteiger partial charge in [-0.15, -0.1) is 5.10 Å². The number of aryl methyl sites for hydroxylation is 1. The van der Waals surface area contributed by atoms with Crippen molar-refractivity contribution < 1.29 is 18.7 Å². The average molecular weight is 461 g/mol. The van der Waals surface area contributed by atoms with E-state index in [1.54, 1.807) is 25.1 Å². The summed E-state index contributed by atoms with van der Waals surface area (Å²) in [6, 6.07) is 12.3. The molecular weight excluding hydrogens is 443 g/mol. The number of esters is 1. The molecule has 1 aromatic heterocycles. The van der Waals surface area contributed by atoms with Crippen molar-refractivity contribution in [2.24, 2.45) is 0 Å². The molecule has 1 amide bonds. The average Bonchev–Trinajstić information content (AvgIpc) is 3.09. The van der Waals surface area contributed by atoms with Crippen molar-refractivity contribution >= 4 is 27.8 Å². The van der Waals surface area contributed by atoms with Gasteiger partial charge in [-0.3, -0.25) is 9.59 Å². The molecule has 29 heavy (non-hydrogen) atoms. The zero-order chi connectivity index (χ0) is 21.0. The van der Waals surface area contributed by atoms with Gasteiger partial charge in [0, 0.05) is 4.47 Å². The summed E-state index contributed by atoms with van der Waals surface area (Å²) in [4.78, 5) is 28.8. The van der Waals surface area contributed by atoms with Gasteiger partial charge in [0.1, 0.15) is 11.6 Å². The molecule has 9 heteroatoms. The van der Waals surface area contributed by atoms with Crippen molar-refractivity contribution in [3.05, 3.63) is 76.0 Å². The van der Waals surface area contributed by atoms with Gasteiger partial charge in [0.15, 0.2) is 0 Å². The van der Waals surface area contributed by atoms with Crippen molar-refractivity contribution in [3.63, 3.8) is 0 Å². The monoisotopic (exact) mass is 460 g/mol. The van der Waals surface area contributed by atoms with Gasteiger partial charge in [-0.2, -0.15) is 0 Å². The van der Waals surface area contributed by atoms with Crippen LogP contribution in [0.4, 0.5) is 4.39 Å². The Morgan fingerprint density at radius 1 is 1.24 bits per heavy atom. The van der Waals surface area contributed by atoms with E-state index in [1.807, 2.05) is 18.2 Å². The topological polar surface area (TPSA) is 86.1 Å². The second-order valence-electron chi connectivity index (χ2n) is 6.23. The third-order valence-electron chi connectivity index (χ3n) is 4.20. The van der Waals surface area contributed by atoms with Crippen LogP contribution in [0.2, 0.25) is 0 Å². The second kappa shape index (κ2) is 8.95. The summed E-state index contributed by atoms with van der Waals surface area (Å²) in [6.07, 6.45) is -0.0453. The number of halogens is 2. The van der Waals surface area contributed by atoms with Gasteiger partial charge in [-0.05, 0) is 48.9 Å². The molecule has 0 aliphatic rings. The molecule has 0 spiro atoms. The quantitative estimate of drug-likeness (QED) is 0.568. The third kappa shape index (κ3) is 5.05. The summed E-state index contributed by atoms with van der Waals surface area (Å²) in [5.74, 6) is -0.964. The molecule has 0 bridgehead atoms. The first-order valence-electron chi connectivity index (χ1n) is 8.70. The number of hydrogen-bond acceptors (Lipinski definition) is 5. The largest absolute Gasteiger partial charge is 0.469 e. The van der Waals surface area contributed by atoms with E-state index in [4.69, 9.17) is 4.74 Å². The molecule has 1 atom stereocenters. The summed E-state index contributed by atoms with van der Waals surface area (Å²) >= 11 is 3.39. The predicted molar refractivity (Wildman–Crippen MR) is 107 cm³/mol. The lowest BCUT2D eigenvalue weighted by Gasteiger charge is -2.17. The Bertz CT molecular complexity index is 1040. The standard InChI is InChI=1S/C20H18BrFN4O3/c1-12-23-19(25-26(12)16-8-6-15(22)7-9-16)20(28)24-17(11-18(27)29-2)13-4-3-5-14(21)10-13/h3-10,17H,11H2,1-2H3,(H,24,28). The van der Waals surface area contributed by atoms with Crippen molar-refractivity contribution in [1.29, 1.82) is 0 Å². The van der Waals surface area contributed by atoms with Gasteiger partial charge < -0.3 is 10.1 Å². The fraction of sp³-hybridized carbons (Fsp3) is 0.200. The molecule has 0 saturated carbocycles. The van der Waals surface area contributed by atoms with Gasteiger partial charge in [0.2, 0.25) is 5.82 Å². The van der Waals surface area contributed by atoms with Gasteiger partial charge in [-0.1, -0.05) is 28.1 Å². The minimum absolute atomic E-state index is 0.0453. The molecular formula is C20H18BrFN4O3. The molecule has 0 saturated heterocycles. The highest BCUT2D eigenvalue weighted by Crippen LogP contribution is 2.22. The Morgan fingerprint density at radius 2 is 1.97 bits per heavy atom. The van der Waals surface area contributed by atoms with Crippen LogP contribution in [0.15, 0.2) is 53.0 Å². The summed E-state index contributed by atoms with van der Waals surface area (Å²) in [5, 5.41) is 7.00. The van der Waals surface area contributed by atoms with Gasteiger partial charge in [-0.25, -0.2) is 14.1 Å². The number of amides is 1. The maximum absolute atomic E-state index is 13.2. The van der Waals surface area contributed by atoms with Crippen molar-refractivity contribution in [1.82, 2.24) is 20.1 Å². The van der Waals surface area contributed by atoms with E-state index < -0.39 is 17.9 Å². The maximum Gasteiger partial charge on any atom is 0.307 e. The number of carbonyl (C=O) groups is 2. The van der Waals surface area contributed by atoms with Crippen molar-refractivity contribution in [3.8, 4) is 5.69 Å². The zero-order valence-electron chi connectivity index (χ0n) is 15.7. The molecule has 1 heterocycles. The Hall–Kier alpha value is -3.07. The highest BCUT2D eigenvalue weighted by atomic mass is 79.9. The van der Waals surface area contributed by atoms with Crippen LogP contribution in [0.3, 0.4) is 0 Å². The number of benzene rings is 2. The normalized spacial score (nSPS) is 11.7. The summed E-state index contributed by atoms with van der Waals surface area (Å²) < 4.78 is 20.2. The summed E-state index contributed by atoms with van der Waals surface area (Å²) in [7, 11) is 1.29. The minimum Gasteiger partial charge on any atom is -0.469 e. The molecule has 3 aromatic rings. The molecule has 0 aliphatic heterocycles. The van der Waals surface area contributed by atoms with E-state index in [-0.39, 0.29) is 18.1 Å². The van der Waals surface area contributed by atoms with Gasteiger partial charge >= 0.3 is 5.97 Å². The van der Waals surface area contributed by atoms with Crippen LogP contribution in [0.25, 0.3) is 5.69 Å². The Labute approximate surface area is 175 Å². The maximum atomic E-state index is 13.2. The predicted octanol–water partition coefficient (Wildman–Crippen LogP) is 3.51. The number of carbonyl (C=O) groups excluding carboxylic acids is 2. The van der Waals surface area contributed by atoms with E-state index in [1.165, 1.54) is 23.9 Å². The van der Waals surface area contributed by atoms with Crippen LogP contribution in [0, 0.1) is 12.7 Å². The van der Waals surface area contributed by atoms with E-state index in [9.17, 15) is 14.0 Å². The number of rotatable bonds is 6. The first-order valence-corrected chi connectivity index (χ1v) is 9.49. The molecule has 0 radical (unpaired) electrons. The van der Waals surface area contributed by atoms with Crippen LogP contribution >= 0.6 is 15.9 Å². The molecule has 0 aliphatic carbocycles. The Balaban J connectivity index is 1.85. The minimum atomic E-state index is -0.620. The van der Waals surface area contributed by atoms with E-state index >= 15 is 0 Å². The fourth-order valence-corrected chi connectivity index (χ4v) is 3.18. The van der Waals surface area contributed by atoms with Crippen molar-refractivity contribution in [2.45, 2.75) is 19.4 Å². The van der Waals surface area contributed by atoms with Crippen LogP contribution in [0.1, 0.15) is 34.5 Å². The van der Waals surface area contributed by atoms with Crippen LogP contribution in [-0.2, 0) is 9.53 Å². The molecule has 1 N–H and O–H groups in total. The number of aromatic nitrogens is 3. The number of ether oxygens (including phenoxy) is 1. The lowest BCUT2D eigenvalue weighted by molar-refractivity contribution is -0.141. The molecule has 150 valence electrons. The van der Waals surface area contributed by atoms with Crippen LogP contribution in [0.5, 0.6) is 0 Å². The molecule has 1 unspecified atom stereocenters. The molecule has 3 rings (SSSR count). The lowest BCUT2D eigenvalue weighted by atomic mass is 10.0. The Kier molecular flexibility index (Phi) is 6.38. The zero-order valence-corrected chi connectivity index (χ0v) is 17.3. The van der Waals surface area contributed by atoms with Crippen molar-refractivity contribution in [2.75, 3.05) is 7.11 Å². The molecule has 2 aromatic carbocycles. The number of nitrogens with one attached hydrogen (secondary N) is 1. The Morgan fingerprint density at radius 3 is 2.62 bits per heavy atom. The van der Waals surface area contributed by atoms with Crippen LogP contribution in [-0.4, -0.2) is 33.8 Å². The molecule has 0 fully saturated rings. The van der Waals surface area contributed by atoms with Gasteiger partial charge in [0.25, 0.3) is 5.91 Å². The fourth-order valence-electron chi connectivity index (χ4n) is 2.76. The van der Waals surface area contributed by atoms with Crippen LogP contribution < -0.4 is 5.32 Å². The molecule has 7 nitrogen and oxygen atoms in total. The van der Waals surface area contributed by atoms with E-state index in [2.05, 4.69) is 31.3 Å². The van der Waals surface area contributed by atoms with Gasteiger partial charge in [0.05, 0.1) is 25.3 Å². The lowest BCUT2D eigenvalue weighted by Crippen LogP contribution is -2.31. The van der Waals surface area contributed by atoms with E-state index in [0.717, 1.165) is 10.0 Å². The highest BCUT2D eigenvalue weighted by Gasteiger charge is 2.23. The second-order valence-corrected chi connectivity index (χ2v) is 7.15. The SMILES string of the molecule is COC(=O)CC(NC(=O)c1nc(C)n(-c2ccc(F)cc2)n1)c1cccc(Br)c1. The van der Waals surface area contributed by atoms with E-state index in [0.29, 0.717) is 11.5 Å². The first kappa shape index (κ1) is 20.7. The first-order chi connectivity index (χ1) is 13.9. The number of hydrogen-bond donors (Lipinski definition) is 1. The highest BCUT2D eigenvalue weighted by molar-refractivity contribution is 9.10. The number of nitrogens with zero attached hydrogens (tertiary/aromatic N) is 3.